The second-order valence-corrected chi connectivity index (χ2v) is 6.00. The van der Waals surface area contributed by atoms with Crippen LogP contribution in [-0.4, -0.2) is 17.9 Å². The van der Waals surface area contributed by atoms with Crippen LogP contribution in [0.5, 0.6) is 0 Å². The summed E-state index contributed by atoms with van der Waals surface area (Å²) < 4.78 is 77.0. The van der Waals surface area contributed by atoms with Gasteiger partial charge in [0.25, 0.3) is 5.54 Å². The average molecular weight is 301 g/mol. The fourth-order valence-corrected chi connectivity index (χ4v) is 3.39. The summed E-state index contributed by atoms with van der Waals surface area (Å²) in [7, 11) is 0. The van der Waals surface area contributed by atoms with Gasteiger partial charge >= 0.3 is 12.4 Å². The van der Waals surface area contributed by atoms with E-state index < -0.39 is 30.2 Å². The molecule has 0 aromatic heterocycles. The molecule has 0 aromatic carbocycles. The largest absolute Gasteiger partial charge is 0.426 e. The van der Waals surface area contributed by atoms with Crippen molar-refractivity contribution in [1.29, 1.82) is 0 Å². The van der Waals surface area contributed by atoms with Crippen molar-refractivity contribution < 1.29 is 26.3 Å². The van der Waals surface area contributed by atoms with Gasteiger partial charge in [-0.3, -0.25) is 0 Å². The molecule has 0 amide bonds. The third kappa shape index (κ3) is 2.13. The Hall–Kier alpha value is -1.08. The summed E-state index contributed by atoms with van der Waals surface area (Å²) in [6, 6.07) is 0. The molecule has 0 aromatic rings. The fraction of sp³-hybridized carbons (Fsp3) is 0.833. The maximum absolute atomic E-state index is 12.8. The quantitative estimate of drug-likeness (QED) is 0.425. The van der Waals surface area contributed by atoms with Gasteiger partial charge in [0.1, 0.15) is 0 Å². The molecule has 0 N–H and O–H groups in total. The summed E-state index contributed by atoms with van der Waals surface area (Å²) in [6.07, 6.45) is -8.57. The van der Waals surface area contributed by atoms with Crippen LogP contribution in [-0.2, 0) is 0 Å². The van der Waals surface area contributed by atoms with Crippen molar-refractivity contribution >= 4 is 0 Å². The molecule has 2 aliphatic rings. The summed E-state index contributed by atoms with van der Waals surface area (Å²) in [5.41, 5.74) is -4.86. The highest BCUT2D eigenvalue weighted by molar-refractivity contribution is 5.18. The minimum absolute atomic E-state index is 0.220. The van der Waals surface area contributed by atoms with Gasteiger partial charge in [0, 0.05) is 0 Å². The molecular weight excluding hydrogens is 288 g/mol. The van der Waals surface area contributed by atoms with Crippen LogP contribution in [0.1, 0.15) is 26.2 Å². The maximum Gasteiger partial charge on any atom is 0.426 e. The number of halogens is 6. The predicted octanol–water partition coefficient (Wildman–Crippen LogP) is 4.61. The van der Waals surface area contributed by atoms with Crippen LogP contribution < -0.4 is 0 Å². The molecule has 114 valence electrons. The number of allylic oxidation sites excluding steroid dienone is 2. The molecule has 8 heteroatoms. The Morgan fingerprint density at radius 1 is 1.15 bits per heavy atom. The minimum atomic E-state index is -5.74. The van der Waals surface area contributed by atoms with Gasteiger partial charge in [-0.25, -0.2) is 0 Å². The van der Waals surface area contributed by atoms with Crippen LogP contribution in [0.2, 0.25) is 0 Å². The van der Waals surface area contributed by atoms with E-state index in [1.54, 1.807) is 13.0 Å². The van der Waals surface area contributed by atoms with Crippen LogP contribution in [0.3, 0.4) is 0 Å². The van der Waals surface area contributed by atoms with Crippen molar-refractivity contribution in [3.8, 4) is 0 Å². The molecule has 0 heterocycles. The number of alkyl halides is 6. The highest BCUT2D eigenvalue weighted by Gasteiger charge is 2.74. The van der Waals surface area contributed by atoms with Crippen molar-refractivity contribution in [3.05, 3.63) is 17.1 Å². The van der Waals surface area contributed by atoms with E-state index in [1.807, 2.05) is 6.08 Å². The number of nitroso groups, excluding NO2 is 1. The van der Waals surface area contributed by atoms with Gasteiger partial charge in [-0.05, 0) is 41.7 Å². The standard InChI is InChI=1S/C12H13F6NO/c1-9-3-2-7(4-9)8(5-9)6-10(19-20,11(13,14)15)12(16,17)18/h2-3,7-8H,4-6H2,1H3/t7?,8?,9-/m1/s1. The van der Waals surface area contributed by atoms with E-state index in [2.05, 4.69) is 0 Å². The number of hydrogen-bond acceptors (Lipinski definition) is 2. The molecule has 1 fully saturated rings. The highest BCUT2D eigenvalue weighted by Crippen LogP contribution is 2.58. The topological polar surface area (TPSA) is 29.4 Å². The monoisotopic (exact) mass is 301 g/mol. The van der Waals surface area contributed by atoms with Gasteiger partial charge in [-0.15, -0.1) is 4.91 Å². The second kappa shape index (κ2) is 4.21. The molecule has 0 radical (unpaired) electrons. The van der Waals surface area contributed by atoms with E-state index in [-0.39, 0.29) is 17.8 Å². The SMILES string of the molecule is C[C@@]12C=CC(C1)C(CC(N=O)(C(F)(F)F)C(F)(F)F)C2. The lowest BCUT2D eigenvalue weighted by Crippen LogP contribution is -2.56. The van der Waals surface area contributed by atoms with E-state index in [1.165, 1.54) is 5.18 Å². The molecule has 2 bridgehead atoms. The van der Waals surface area contributed by atoms with Gasteiger partial charge in [-0.1, -0.05) is 19.1 Å². The predicted molar refractivity (Wildman–Crippen MR) is 58.7 cm³/mol. The van der Waals surface area contributed by atoms with Crippen molar-refractivity contribution in [2.75, 3.05) is 0 Å². The van der Waals surface area contributed by atoms with E-state index in [0.717, 1.165) is 0 Å². The molecule has 2 rings (SSSR count). The van der Waals surface area contributed by atoms with Crippen molar-refractivity contribution in [2.24, 2.45) is 22.4 Å². The molecule has 1 saturated carbocycles. The van der Waals surface area contributed by atoms with Crippen molar-refractivity contribution in [2.45, 2.75) is 44.1 Å². The fourth-order valence-electron chi connectivity index (χ4n) is 3.39. The van der Waals surface area contributed by atoms with E-state index >= 15 is 0 Å². The molecule has 0 aliphatic heterocycles. The Bertz CT molecular complexity index is 426. The van der Waals surface area contributed by atoms with Crippen LogP contribution in [0.4, 0.5) is 26.3 Å². The van der Waals surface area contributed by atoms with Gasteiger partial charge in [0.05, 0.1) is 0 Å². The Labute approximate surface area is 111 Å². The third-order valence-electron chi connectivity index (χ3n) is 4.43. The average Bonchev–Trinajstić information content (AvgIpc) is 2.77. The first-order chi connectivity index (χ1) is 8.94. The van der Waals surface area contributed by atoms with Crippen LogP contribution >= 0.6 is 0 Å². The lowest BCUT2D eigenvalue weighted by atomic mass is 9.78. The van der Waals surface area contributed by atoms with Gasteiger partial charge < -0.3 is 0 Å². The van der Waals surface area contributed by atoms with Crippen LogP contribution in [0, 0.1) is 22.2 Å². The zero-order valence-electron chi connectivity index (χ0n) is 10.6. The Balaban J connectivity index is 2.31. The Morgan fingerprint density at radius 3 is 2.00 bits per heavy atom. The van der Waals surface area contributed by atoms with E-state index in [0.29, 0.717) is 6.42 Å². The van der Waals surface area contributed by atoms with Gasteiger partial charge in [0.15, 0.2) is 0 Å². The lowest BCUT2D eigenvalue weighted by Gasteiger charge is -2.34. The number of nitrogens with zero attached hydrogens (tertiary/aromatic N) is 1. The summed E-state index contributed by atoms with van der Waals surface area (Å²) in [5, 5.41) is 1.51. The molecule has 20 heavy (non-hydrogen) atoms. The molecule has 2 nitrogen and oxygen atoms in total. The number of hydrogen-bond donors (Lipinski definition) is 0. The van der Waals surface area contributed by atoms with E-state index in [9.17, 15) is 31.2 Å². The lowest BCUT2D eigenvalue weighted by molar-refractivity contribution is -0.300. The smallest absolute Gasteiger partial charge is 0.168 e. The normalized spacial score (nSPS) is 33.8. The first-order valence-corrected chi connectivity index (χ1v) is 6.11. The summed E-state index contributed by atoms with van der Waals surface area (Å²) in [6.45, 7) is 1.79. The summed E-state index contributed by atoms with van der Waals surface area (Å²) in [5.74, 6) is -1.17. The molecular formula is C12H13F6NO. The molecule has 2 unspecified atom stereocenters. The summed E-state index contributed by atoms with van der Waals surface area (Å²) >= 11 is 0. The van der Waals surface area contributed by atoms with Crippen molar-refractivity contribution in [3.63, 3.8) is 0 Å². The van der Waals surface area contributed by atoms with Crippen LogP contribution in [0.15, 0.2) is 17.3 Å². The zero-order valence-corrected chi connectivity index (χ0v) is 10.6. The summed E-state index contributed by atoms with van der Waals surface area (Å²) in [4.78, 5) is 10.5. The molecule has 3 atom stereocenters. The Kier molecular flexibility index (Phi) is 3.22. The van der Waals surface area contributed by atoms with Crippen molar-refractivity contribution in [1.82, 2.24) is 0 Å². The third-order valence-corrected chi connectivity index (χ3v) is 4.43. The molecule has 0 saturated heterocycles. The van der Waals surface area contributed by atoms with Crippen LogP contribution in [0.25, 0.3) is 0 Å². The molecule has 0 spiro atoms. The maximum atomic E-state index is 12.8. The zero-order chi connectivity index (χ0) is 15.4. The second-order valence-electron chi connectivity index (χ2n) is 6.00. The minimum Gasteiger partial charge on any atom is -0.168 e. The van der Waals surface area contributed by atoms with E-state index in [4.69, 9.17) is 0 Å². The number of rotatable bonds is 3. The van der Waals surface area contributed by atoms with Gasteiger partial charge in [0.2, 0.25) is 0 Å². The Morgan fingerprint density at radius 2 is 1.70 bits per heavy atom. The first kappa shape index (κ1) is 15.3. The first-order valence-electron chi connectivity index (χ1n) is 6.11. The van der Waals surface area contributed by atoms with Gasteiger partial charge in [-0.2, -0.15) is 26.3 Å². The number of fused-ring (bicyclic) bond motifs is 2. The highest BCUT2D eigenvalue weighted by atomic mass is 19.4. The molecule has 2 aliphatic carbocycles.